The lowest BCUT2D eigenvalue weighted by Crippen LogP contribution is -2.51. The number of hydrogen-bond donors (Lipinski definition) is 0. The van der Waals surface area contributed by atoms with Crippen molar-refractivity contribution in [3.8, 4) is 11.4 Å². The molecule has 2 aliphatic rings. The lowest BCUT2D eigenvalue weighted by molar-refractivity contribution is -0.143. The molecule has 190 valence electrons. The van der Waals surface area contributed by atoms with Crippen LogP contribution in [0.3, 0.4) is 0 Å². The van der Waals surface area contributed by atoms with E-state index in [2.05, 4.69) is 4.98 Å². The van der Waals surface area contributed by atoms with Gasteiger partial charge in [-0.25, -0.2) is 4.98 Å². The number of halogens is 6. The maximum Gasteiger partial charge on any atom is 0.419 e. The van der Waals surface area contributed by atoms with Gasteiger partial charge < -0.3 is 18.8 Å². The van der Waals surface area contributed by atoms with E-state index in [0.29, 0.717) is 11.8 Å². The molecule has 4 heterocycles. The van der Waals surface area contributed by atoms with Gasteiger partial charge in [0.1, 0.15) is 23.7 Å². The Kier molecular flexibility index (Phi) is 5.23. The Bertz CT molecular complexity index is 1440. The molecule has 2 aliphatic heterocycles. The summed E-state index contributed by atoms with van der Waals surface area (Å²) in [6.07, 6.45) is -7.06. The fraction of sp³-hybridized carbons (Fsp3) is 0.348. The summed E-state index contributed by atoms with van der Waals surface area (Å²) in [5.74, 6) is -1.43. The first kappa shape index (κ1) is 23.9. The number of rotatable bonds is 2. The Balaban J connectivity index is 1.59. The highest BCUT2D eigenvalue weighted by atomic mass is 19.4. The Labute approximate surface area is 199 Å². The number of carbonyl (C=O) groups excluding carboxylic acids is 1. The van der Waals surface area contributed by atoms with Crippen LogP contribution >= 0.6 is 0 Å². The van der Waals surface area contributed by atoms with E-state index < -0.39 is 59.4 Å². The summed E-state index contributed by atoms with van der Waals surface area (Å²) in [7, 11) is 0. The van der Waals surface area contributed by atoms with Gasteiger partial charge in [-0.05, 0) is 38.1 Å². The summed E-state index contributed by atoms with van der Waals surface area (Å²) in [5, 5.41) is 0. The summed E-state index contributed by atoms with van der Waals surface area (Å²) in [4.78, 5) is 31.8. The third-order valence-corrected chi connectivity index (χ3v) is 6.35. The number of alkyl halides is 6. The van der Waals surface area contributed by atoms with Gasteiger partial charge in [0.05, 0.1) is 29.2 Å². The van der Waals surface area contributed by atoms with Gasteiger partial charge in [-0.15, -0.1) is 0 Å². The van der Waals surface area contributed by atoms with Gasteiger partial charge in [0.15, 0.2) is 0 Å². The van der Waals surface area contributed by atoms with Crippen molar-refractivity contribution in [3.05, 3.63) is 75.2 Å². The summed E-state index contributed by atoms with van der Waals surface area (Å²) in [5.41, 5.74) is -3.02. The van der Waals surface area contributed by atoms with Gasteiger partial charge in [-0.2, -0.15) is 26.3 Å². The van der Waals surface area contributed by atoms with Gasteiger partial charge in [-0.1, -0.05) is 0 Å². The van der Waals surface area contributed by atoms with Crippen LogP contribution in [0.15, 0.2) is 41.6 Å². The molecule has 0 saturated carbocycles. The molecule has 5 rings (SSSR count). The largest absolute Gasteiger partial charge is 0.490 e. The van der Waals surface area contributed by atoms with Gasteiger partial charge in [-0.3, -0.25) is 9.59 Å². The summed E-state index contributed by atoms with van der Waals surface area (Å²) in [6, 6.07) is 1.49. The molecule has 3 aromatic rings. The Morgan fingerprint density at radius 1 is 1.06 bits per heavy atom. The minimum atomic E-state index is -5.10. The number of fused-ring (bicyclic) bond motifs is 2. The van der Waals surface area contributed by atoms with Crippen molar-refractivity contribution in [1.82, 2.24) is 19.0 Å². The summed E-state index contributed by atoms with van der Waals surface area (Å²) < 4.78 is 89.0. The van der Waals surface area contributed by atoms with E-state index in [1.54, 1.807) is 20.0 Å². The smallest absolute Gasteiger partial charge is 0.419 e. The fourth-order valence-corrected chi connectivity index (χ4v) is 4.73. The molecule has 0 spiro atoms. The molecule has 0 saturated heterocycles. The number of aromatic nitrogens is 3. The zero-order valence-electron chi connectivity index (χ0n) is 18.8. The number of benzene rings is 1. The summed E-state index contributed by atoms with van der Waals surface area (Å²) >= 11 is 0. The molecule has 36 heavy (non-hydrogen) atoms. The van der Waals surface area contributed by atoms with Crippen LogP contribution in [0.4, 0.5) is 26.3 Å². The molecule has 13 heteroatoms. The predicted molar refractivity (Wildman–Crippen MR) is 113 cm³/mol. The number of aryl methyl sites for hydroxylation is 1. The number of pyridine rings is 1. The minimum Gasteiger partial charge on any atom is -0.490 e. The van der Waals surface area contributed by atoms with Crippen LogP contribution < -0.4 is 10.3 Å². The van der Waals surface area contributed by atoms with E-state index in [1.807, 2.05) is 0 Å². The molecule has 0 bridgehead atoms. The second-order valence-corrected chi connectivity index (χ2v) is 8.77. The van der Waals surface area contributed by atoms with Crippen LogP contribution in [0.5, 0.6) is 5.75 Å². The van der Waals surface area contributed by atoms with E-state index in [4.69, 9.17) is 4.74 Å². The molecule has 1 amide bonds. The average Bonchev–Trinajstić information content (AvgIpc) is 3.39. The number of imidazole rings is 1. The fourth-order valence-electron chi connectivity index (χ4n) is 4.73. The molecular formula is C23H18F6N4O3. The van der Waals surface area contributed by atoms with E-state index in [0.717, 1.165) is 0 Å². The molecule has 0 radical (unpaired) electrons. The minimum absolute atomic E-state index is 0.0108. The Hall–Kier alpha value is -3.77. The molecule has 0 aliphatic carbocycles. The number of ether oxygens (including phenoxy) is 1. The quantitative estimate of drug-likeness (QED) is 0.479. The first-order chi connectivity index (χ1) is 16.8. The molecular weight excluding hydrogens is 494 g/mol. The Morgan fingerprint density at radius 3 is 2.39 bits per heavy atom. The van der Waals surface area contributed by atoms with E-state index in [1.165, 1.54) is 32.5 Å². The maximum absolute atomic E-state index is 13.6. The third-order valence-electron chi connectivity index (χ3n) is 6.35. The normalized spacial score (nSPS) is 19.8. The van der Waals surface area contributed by atoms with Crippen LogP contribution in [0.1, 0.15) is 45.8 Å². The zero-order chi connectivity index (χ0) is 26.2. The van der Waals surface area contributed by atoms with Crippen molar-refractivity contribution in [1.29, 1.82) is 0 Å². The van der Waals surface area contributed by atoms with Gasteiger partial charge in [0.25, 0.3) is 11.5 Å². The monoisotopic (exact) mass is 512 g/mol. The molecule has 2 atom stereocenters. The van der Waals surface area contributed by atoms with Crippen LogP contribution in [0, 0.1) is 6.92 Å². The lowest BCUT2D eigenvalue weighted by Gasteiger charge is -2.39. The predicted octanol–water partition coefficient (Wildman–Crippen LogP) is 4.36. The van der Waals surface area contributed by atoms with Crippen molar-refractivity contribution in [2.75, 3.05) is 6.61 Å². The van der Waals surface area contributed by atoms with Gasteiger partial charge >= 0.3 is 12.4 Å². The molecule has 0 N–H and O–H groups in total. The topological polar surface area (TPSA) is 69.4 Å². The highest BCUT2D eigenvalue weighted by Crippen LogP contribution is 2.49. The van der Waals surface area contributed by atoms with Crippen LogP contribution in [-0.4, -0.2) is 37.6 Å². The lowest BCUT2D eigenvalue weighted by atomic mass is 9.97. The molecule has 0 fully saturated rings. The number of carbonyl (C=O) groups is 1. The second-order valence-electron chi connectivity index (χ2n) is 8.77. The SMILES string of the molecule is Cc1cn(-c2ccc3n(c2=O)CC(C)N(C2COc4c2cc(C(F)(F)F)cc4C(F)(F)F)C3=O)cn1. The van der Waals surface area contributed by atoms with Crippen LogP contribution in [0.25, 0.3) is 5.69 Å². The second kappa shape index (κ2) is 7.87. The first-order valence-electron chi connectivity index (χ1n) is 10.8. The maximum atomic E-state index is 13.6. The first-order valence-corrected chi connectivity index (χ1v) is 10.8. The van der Waals surface area contributed by atoms with E-state index in [-0.39, 0.29) is 29.6 Å². The van der Waals surface area contributed by atoms with Crippen molar-refractivity contribution in [2.24, 2.45) is 0 Å². The van der Waals surface area contributed by atoms with E-state index in [9.17, 15) is 35.9 Å². The van der Waals surface area contributed by atoms with Crippen molar-refractivity contribution < 1.29 is 35.9 Å². The Morgan fingerprint density at radius 2 is 1.78 bits per heavy atom. The molecule has 2 aromatic heterocycles. The van der Waals surface area contributed by atoms with Crippen LogP contribution in [-0.2, 0) is 18.9 Å². The number of amides is 1. The van der Waals surface area contributed by atoms with E-state index >= 15 is 0 Å². The third kappa shape index (κ3) is 3.73. The van der Waals surface area contributed by atoms with Gasteiger partial charge in [0.2, 0.25) is 0 Å². The number of hydrogen-bond acceptors (Lipinski definition) is 4. The summed E-state index contributed by atoms with van der Waals surface area (Å²) in [6.45, 7) is 2.84. The van der Waals surface area contributed by atoms with Gasteiger partial charge in [0, 0.05) is 24.3 Å². The number of nitrogens with zero attached hydrogens (tertiary/aromatic N) is 4. The van der Waals surface area contributed by atoms with Crippen LogP contribution in [0.2, 0.25) is 0 Å². The zero-order valence-corrected chi connectivity index (χ0v) is 18.8. The van der Waals surface area contributed by atoms with Crippen molar-refractivity contribution in [3.63, 3.8) is 0 Å². The average molecular weight is 512 g/mol. The highest BCUT2D eigenvalue weighted by molar-refractivity contribution is 5.94. The molecule has 7 nitrogen and oxygen atoms in total. The van der Waals surface area contributed by atoms with Crippen molar-refractivity contribution >= 4 is 5.91 Å². The van der Waals surface area contributed by atoms with Crippen molar-refractivity contribution in [2.45, 2.75) is 44.8 Å². The standard InChI is InChI=1S/C23H18F6N4O3/c1-11-7-31(10-30-11)16-3-4-17-21(35)33(12(2)8-32(17)20(16)34)18-9-36-19-14(18)5-13(22(24,25)26)6-15(19)23(27,28)29/h3-7,10,12,18H,8-9H2,1-2H3. The molecule has 2 unspecified atom stereocenters. The molecule has 1 aromatic carbocycles. The highest BCUT2D eigenvalue weighted by Gasteiger charge is 2.46.